The Labute approximate surface area is 125 Å². The second kappa shape index (κ2) is 7.51. The van der Waals surface area contributed by atoms with Gasteiger partial charge in [0.1, 0.15) is 12.0 Å². The molecule has 0 saturated carbocycles. The average molecular weight is 345 g/mol. The number of hydrogen-bond acceptors (Lipinski definition) is 6. The molecule has 1 aliphatic heterocycles. The van der Waals surface area contributed by atoms with Gasteiger partial charge in [-0.2, -0.15) is 0 Å². The van der Waals surface area contributed by atoms with Gasteiger partial charge < -0.3 is 10.1 Å². The molecule has 0 aliphatic carbocycles. The Morgan fingerprint density at radius 2 is 2.25 bits per heavy atom. The molecule has 0 amide bonds. The van der Waals surface area contributed by atoms with Crippen molar-refractivity contribution in [1.82, 2.24) is 9.88 Å². The van der Waals surface area contributed by atoms with Crippen molar-refractivity contribution in [1.29, 1.82) is 0 Å². The van der Waals surface area contributed by atoms with Gasteiger partial charge in [-0.3, -0.25) is 15.0 Å². The van der Waals surface area contributed by atoms with Crippen molar-refractivity contribution >= 4 is 27.4 Å². The normalized spacial score (nSPS) is 16.1. The third kappa shape index (κ3) is 4.39. The monoisotopic (exact) mass is 344 g/mol. The van der Waals surface area contributed by atoms with E-state index in [-0.39, 0.29) is 5.69 Å². The number of halogens is 1. The summed E-state index contributed by atoms with van der Waals surface area (Å²) < 4.78 is 5.90. The highest BCUT2D eigenvalue weighted by atomic mass is 79.9. The van der Waals surface area contributed by atoms with Crippen molar-refractivity contribution in [2.45, 2.75) is 6.42 Å². The minimum Gasteiger partial charge on any atom is -0.379 e. The van der Waals surface area contributed by atoms with E-state index in [1.807, 2.05) is 0 Å². The van der Waals surface area contributed by atoms with Crippen molar-refractivity contribution in [3.05, 3.63) is 26.9 Å². The van der Waals surface area contributed by atoms with E-state index in [0.29, 0.717) is 10.3 Å². The zero-order chi connectivity index (χ0) is 14.4. The lowest BCUT2D eigenvalue weighted by Gasteiger charge is -2.26. The van der Waals surface area contributed by atoms with Crippen molar-refractivity contribution in [3.8, 4) is 0 Å². The molecule has 1 aromatic heterocycles. The first-order chi connectivity index (χ1) is 9.66. The number of morpholine rings is 1. The van der Waals surface area contributed by atoms with Gasteiger partial charge in [0.05, 0.1) is 22.6 Å². The van der Waals surface area contributed by atoms with Crippen LogP contribution in [-0.2, 0) is 4.74 Å². The first-order valence-corrected chi connectivity index (χ1v) is 7.30. The molecule has 1 aromatic rings. The van der Waals surface area contributed by atoms with Crippen LogP contribution in [0, 0.1) is 10.1 Å². The Morgan fingerprint density at radius 1 is 1.50 bits per heavy atom. The first kappa shape index (κ1) is 15.1. The molecular weight excluding hydrogens is 328 g/mol. The van der Waals surface area contributed by atoms with E-state index in [9.17, 15) is 10.1 Å². The molecule has 2 heterocycles. The molecule has 0 unspecified atom stereocenters. The van der Waals surface area contributed by atoms with Gasteiger partial charge in [0.25, 0.3) is 5.69 Å². The summed E-state index contributed by atoms with van der Waals surface area (Å²) in [7, 11) is 0. The third-order valence-electron chi connectivity index (χ3n) is 3.08. The topological polar surface area (TPSA) is 80.5 Å². The van der Waals surface area contributed by atoms with Gasteiger partial charge in [-0.1, -0.05) is 0 Å². The third-order valence-corrected chi connectivity index (χ3v) is 3.69. The summed E-state index contributed by atoms with van der Waals surface area (Å²) in [5.41, 5.74) is -0.0178. The number of nitrogens with one attached hydrogen (secondary N) is 1. The fourth-order valence-corrected chi connectivity index (χ4v) is 2.47. The standard InChI is InChI=1S/C12H17BrN4O3/c13-11-8-10(17(18)19)9-15-12(11)14-2-1-3-16-4-6-20-7-5-16/h8-9H,1-7H2,(H,14,15). The summed E-state index contributed by atoms with van der Waals surface area (Å²) >= 11 is 3.29. The van der Waals surface area contributed by atoms with Gasteiger partial charge in [-0.15, -0.1) is 0 Å². The van der Waals surface area contributed by atoms with E-state index >= 15 is 0 Å². The van der Waals surface area contributed by atoms with E-state index in [1.165, 1.54) is 12.3 Å². The number of nitro groups is 1. The summed E-state index contributed by atoms with van der Waals surface area (Å²) in [5.74, 6) is 0.637. The molecule has 0 atom stereocenters. The number of rotatable bonds is 6. The highest BCUT2D eigenvalue weighted by Gasteiger charge is 2.11. The van der Waals surface area contributed by atoms with Crippen LogP contribution in [-0.4, -0.2) is 54.2 Å². The van der Waals surface area contributed by atoms with Gasteiger partial charge in [0.15, 0.2) is 0 Å². The van der Waals surface area contributed by atoms with Gasteiger partial charge in [-0.05, 0) is 28.9 Å². The van der Waals surface area contributed by atoms with E-state index in [0.717, 1.165) is 45.8 Å². The quantitative estimate of drug-likeness (QED) is 0.482. The lowest BCUT2D eigenvalue weighted by molar-refractivity contribution is -0.385. The smallest absolute Gasteiger partial charge is 0.288 e. The van der Waals surface area contributed by atoms with Crippen LogP contribution >= 0.6 is 15.9 Å². The van der Waals surface area contributed by atoms with Crippen molar-refractivity contribution in [2.24, 2.45) is 0 Å². The number of hydrogen-bond donors (Lipinski definition) is 1. The van der Waals surface area contributed by atoms with Crippen molar-refractivity contribution in [2.75, 3.05) is 44.7 Å². The molecule has 0 radical (unpaired) electrons. The molecule has 110 valence electrons. The molecule has 0 bridgehead atoms. The average Bonchev–Trinajstić information content (AvgIpc) is 2.46. The molecule has 8 heteroatoms. The number of anilines is 1. The highest BCUT2D eigenvalue weighted by molar-refractivity contribution is 9.10. The summed E-state index contributed by atoms with van der Waals surface area (Å²) in [5, 5.41) is 13.8. The van der Waals surface area contributed by atoms with Gasteiger partial charge in [0.2, 0.25) is 0 Å². The molecule has 1 saturated heterocycles. The summed E-state index contributed by atoms with van der Waals surface area (Å²) in [6.07, 6.45) is 2.25. The lowest BCUT2D eigenvalue weighted by Crippen LogP contribution is -2.37. The van der Waals surface area contributed by atoms with Crippen LogP contribution in [0.3, 0.4) is 0 Å². The van der Waals surface area contributed by atoms with Crippen molar-refractivity contribution < 1.29 is 9.66 Å². The lowest BCUT2D eigenvalue weighted by atomic mass is 10.3. The second-order valence-corrected chi connectivity index (χ2v) is 5.37. The SMILES string of the molecule is O=[N+]([O-])c1cnc(NCCCN2CCOCC2)c(Br)c1. The Bertz CT molecular complexity index is 466. The molecule has 1 N–H and O–H groups in total. The number of nitrogens with zero attached hydrogens (tertiary/aromatic N) is 3. The first-order valence-electron chi connectivity index (χ1n) is 6.51. The highest BCUT2D eigenvalue weighted by Crippen LogP contribution is 2.24. The largest absolute Gasteiger partial charge is 0.379 e. The number of pyridine rings is 1. The maximum Gasteiger partial charge on any atom is 0.288 e. The Balaban J connectivity index is 1.74. The molecule has 0 spiro atoms. The molecule has 7 nitrogen and oxygen atoms in total. The van der Waals surface area contributed by atoms with Crippen LogP contribution in [0.4, 0.5) is 11.5 Å². The molecule has 1 aliphatic rings. The molecule has 0 aromatic carbocycles. The van der Waals surface area contributed by atoms with E-state index in [4.69, 9.17) is 4.74 Å². The van der Waals surface area contributed by atoms with Gasteiger partial charge >= 0.3 is 0 Å². The maximum atomic E-state index is 10.6. The van der Waals surface area contributed by atoms with E-state index < -0.39 is 4.92 Å². The van der Waals surface area contributed by atoms with Crippen LogP contribution in [0.2, 0.25) is 0 Å². The predicted octanol–water partition coefficient (Wildman–Crippen LogP) is 1.89. The minimum atomic E-state index is -0.458. The second-order valence-electron chi connectivity index (χ2n) is 4.52. The predicted molar refractivity (Wildman–Crippen MR) is 79.0 cm³/mol. The van der Waals surface area contributed by atoms with Crippen LogP contribution < -0.4 is 5.32 Å². The Morgan fingerprint density at radius 3 is 2.90 bits per heavy atom. The van der Waals surface area contributed by atoms with Crippen LogP contribution in [0.25, 0.3) is 0 Å². The Kier molecular flexibility index (Phi) is 5.69. The fourth-order valence-electron chi connectivity index (χ4n) is 1.99. The summed E-state index contributed by atoms with van der Waals surface area (Å²) in [6, 6.07) is 1.46. The number of ether oxygens (including phenoxy) is 1. The van der Waals surface area contributed by atoms with E-state index in [1.54, 1.807) is 0 Å². The Hall–Kier alpha value is -1.25. The summed E-state index contributed by atoms with van der Waals surface area (Å²) in [6.45, 7) is 5.38. The summed E-state index contributed by atoms with van der Waals surface area (Å²) in [4.78, 5) is 16.6. The molecular formula is C12H17BrN4O3. The van der Waals surface area contributed by atoms with Gasteiger partial charge in [0, 0.05) is 25.7 Å². The maximum absolute atomic E-state index is 10.6. The fraction of sp³-hybridized carbons (Fsp3) is 0.583. The number of aromatic nitrogens is 1. The zero-order valence-electron chi connectivity index (χ0n) is 11.0. The van der Waals surface area contributed by atoms with E-state index in [2.05, 4.69) is 31.1 Å². The van der Waals surface area contributed by atoms with Crippen LogP contribution in [0.15, 0.2) is 16.7 Å². The van der Waals surface area contributed by atoms with Crippen LogP contribution in [0.5, 0.6) is 0 Å². The van der Waals surface area contributed by atoms with Crippen molar-refractivity contribution in [3.63, 3.8) is 0 Å². The molecule has 1 fully saturated rings. The van der Waals surface area contributed by atoms with Crippen LogP contribution in [0.1, 0.15) is 6.42 Å². The molecule has 20 heavy (non-hydrogen) atoms. The van der Waals surface area contributed by atoms with Gasteiger partial charge in [-0.25, -0.2) is 4.98 Å². The zero-order valence-corrected chi connectivity index (χ0v) is 12.6. The minimum absolute atomic E-state index is 0.0178. The molecule has 2 rings (SSSR count).